The van der Waals surface area contributed by atoms with Crippen molar-refractivity contribution in [1.82, 2.24) is 14.8 Å². The molecule has 0 unspecified atom stereocenters. The number of amides is 1. The van der Waals surface area contributed by atoms with Gasteiger partial charge in [-0.2, -0.15) is 0 Å². The number of aromatic nitrogens is 3. The Kier molecular flexibility index (Phi) is 6.33. The SMILES string of the molecule is COc1ccc(OC)c(NC(=O)c2nc(-c3ccc(Cl)cc3)n(-c3cccc(C)c3C)n2)c1. The van der Waals surface area contributed by atoms with Crippen LogP contribution in [0.3, 0.4) is 0 Å². The number of nitrogens with zero attached hydrogens (tertiary/aromatic N) is 3. The fourth-order valence-corrected chi connectivity index (χ4v) is 3.54. The number of anilines is 1. The predicted octanol–water partition coefficient (Wildman–Crippen LogP) is 5.47. The van der Waals surface area contributed by atoms with E-state index in [1.165, 1.54) is 7.11 Å². The summed E-state index contributed by atoms with van der Waals surface area (Å²) in [5.41, 5.74) is 4.23. The number of carbonyl (C=O) groups is 1. The van der Waals surface area contributed by atoms with E-state index in [-0.39, 0.29) is 5.82 Å². The van der Waals surface area contributed by atoms with E-state index >= 15 is 0 Å². The minimum atomic E-state index is -0.471. The molecule has 0 saturated carbocycles. The summed E-state index contributed by atoms with van der Waals surface area (Å²) in [5.74, 6) is 1.16. The number of nitrogens with one attached hydrogen (secondary N) is 1. The van der Waals surface area contributed by atoms with Crippen LogP contribution >= 0.6 is 11.6 Å². The summed E-state index contributed by atoms with van der Waals surface area (Å²) in [7, 11) is 3.09. The highest BCUT2D eigenvalue weighted by molar-refractivity contribution is 6.30. The van der Waals surface area contributed by atoms with E-state index in [0.717, 1.165) is 22.4 Å². The number of hydrogen-bond donors (Lipinski definition) is 1. The van der Waals surface area contributed by atoms with Crippen LogP contribution in [0.4, 0.5) is 5.69 Å². The quantitative estimate of drug-likeness (QED) is 0.411. The standard InChI is InChI=1S/C25H23ClN4O3/c1-15-6-5-7-21(16(15)2)30-24(17-8-10-18(26)11-9-17)28-23(29-30)25(31)27-20-14-19(32-3)12-13-22(20)33-4/h5-14H,1-4H3,(H,27,31). The number of ether oxygens (including phenoxy) is 2. The molecule has 0 atom stereocenters. The van der Waals surface area contributed by atoms with Crippen molar-refractivity contribution in [2.45, 2.75) is 13.8 Å². The van der Waals surface area contributed by atoms with E-state index in [4.69, 9.17) is 21.1 Å². The van der Waals surface area contributed by atoms with Gasteiger partial charge in [-0.1, -0.05) is 23.7 Å². The number of benzene rings is 3. The maximum atomic E-state index is 13.1. The topological polar surface area (TPSA) is 78.3 Å². The highest BCUT2D eigenvalue weighted by Gasteiger charge is 2.21. The van der Waals surface area contributed by atoms with Gasteiger partial charge in [-0.15, -0.1) is 5.10 Å². The molecule has 0 bridgehead atoms. The summed E-state index contributed by atoms with van der Waals surface area (Å²) in [4.78, 5) is 17.7. The first kappa shape index (κ1) is 22.4. The zero-order valence-corrected chi connectivity index (χ0v) is 19.5. The predicted molar refractivity (Wildman–Crippen MR) is 129 cm³/mol. The van der Waals surface area contributed by atoms with Crippen molar-refractivity contribution < 1.29 is 14.3 Å². The fraction of sp³-hybridized carbons (Fsp3) is 0.160. The molecule has 8 heteroatoms. The summed E-state index contributed by atoms with van der Waals surface area (Å²) >= 11 is 6.07. The van der Waals surface area contributed by atoms with Crippen LogP contribution < -0.4 is 14.8 Å². The molecule has 1 N–H and O–H groups in total. The Morgan fingerprint density at radius 3 is 2.45 bits per heavy atom. The minimum Gasteiger partial charge on any atom is -0.497 e. The molecule has 168 valence electrons. The van der Waals surface area contributed by atoms with Gasteiger partial charge in [0.05, 0.1) is 25.6 Å². The summed E-state index contributed by atoms with van der Waals surface area (Å²) in [6.07, 6.45) is 0. The molecule has 0 aliphatic rings. The van der Waals surface area contributed by atoms with Crippen LogP contribution in [0.2, 0.25) is 5.02 Å². The van der Waals surface area contributed by atoms with Crippen molar-refractivity contribution in [3.63, 3.8) is 0 Å². The Morgan fingerprint density at radius 2 is 1.76 bits per heavy atom. The second-order valence-electron chi connectivity index (χ2n) is 7.42. The van der Waals surface area contributed by atoms with Crippen LogP contribution in [-0.4, -0.2) is 34.9 Å². The van der Waals surface area contributed by atoms with Crippen molar-refractivity contribution >= 4 is 23.2 Å². The van der Waals surface area contributed by atoms with E-state index in [1.807, 2.05) is 44.2 Å². The second kappa shape index (κ2) is 9.34. The Balaban J connectivity index is 1.79. The van der Waals surface area contributed by atoms with E-state index < -0.39 is 5.91 Å². The van der Waals surface area contributed by atoms with Gasteiger partial charge in [0.1, 0.15) is 11.5 Å². The number of rotatable bonds is 6. The van der Waals surface area contributed by atoms with Gasteiger partial charge < -0.3 is 14.8 Å². The molecule has 1 amide bonds. The molecular formula is C25H23ClN4O3. The molecule has 0 spiro atoms. The molecule has 33 heavy (non-hydrogen) atoms. The highest BCUT2D eigenvalue weighted by Crippen LogP contribution is 2.30. The number of methoxy groups -OCH3 is 2. The molecule has 1 aromatic heterocycles. The van der Waals surface area contributed by atoms with Gasteiger partial charge in [-0.3, -0.25) is 4.79 Å². The molecule has 0 saturated heterocycles. The maximum absolute atomic E-state index is 13.1. The molecule has 3 aromatic carbocycles. The van der Waals surface area contributed by atoms with Crippen molar-refractivity contribution in [1.29, 1.82) is 0 Å². The Morgan fingerprint density at radius 1 is 1.00 bits per heavy atom. The fourth-order valence-electron chi connectivity index (χ4n) is 3.42. The van der Waals surface area contributed by atoms with Crippen molar-refractivity contribution in [2.24, 2.45) is 0 Å². The van der Waals surface area contributed by atoms with Crippen molar-refractivity contribution in [3.05, 3.63) is 82.6 Å². The molecule has 4 rings (SSSR count). The first-order valence-corrected chi connectivity index (χ1v) is 10.6. The largest absolute Gasteiger partial charge is 0.497 e. The van der Waals surface area contributed by atoms with Gasteiger partial charge >= 0.3 is 0 Å². The Hall–Kier alpha value is -3.84. The first-order valence-electron chi connectivity index (χ1n) is 10.2. The summed E-state index contributed by atoms with van der Waals surface area (Å²) in [5, 5.41) is 8.00. The van der Waals surface area contributed by atoms with Gasteiger partial charge in [0, 0.05) is 16.7 Å². The number of hydrogen-bond acceptors (Lipinski definition) is 5. The number of aryl methyl sites for hydroxylation is 1. The minimum absolute atomic E-state index is 0.0192. The molecule has 4 aromatic rings. The zero-order chi connectivity index (χ0) is 23.5. The lowest BCUT2D eigenvalue weighted by Gasteiger charge is -2.11. The molecule has 0 aliphatic carbocycles. The third-order valence-corrected chi connectivity index (χ3v) is 5.62. The van der Waals surface area contributed by atoms with Gasteiger partial charge in [0.25, 0.3) is 5.91 Å². The summed E-state index contributed by atoms with van der Waals surface area (Å²) < 4.78 is 12.3. The van der Waals surface area contributed by atoms with Crippen LogP contribution in [0.25, 0.3) is 17.1 Å². The van der Waals surface area contributed by atoms with Crippen LogP contribution in [0.1, 0.15) is 21.7 Å². The van der Waals surface area contributed by atoms with Gasteiger partial charge in [-0.05, 0) is 67.4 Å². The average Bonchev–Trinajstić information content (AvgIpc) is 3.26. The van der Waals surface area contributed by atoms with Crippen molar-refractivity contribution in [2.75, 3.05) is 19.5 Å². The zero-order valence-electron chi connectivity index (χ0n) is 18.7. The molecule has 1 heterocycles. The normalized spacial score (nSPS) is 10.7. The van der Waals surface area contributed by atoms with E-state index in [9.17, 15) is 4.79 Å². The summed E-state index contributed by atoms with van der Waals surface area (Å²) in [6.45, 7) is 4.04. The summed E-state index contributed by atoms with van der Waals surface area (Å²) in [6, 6.07) is 18.3. The molecule has 0 fully saturated rings. The number of halogens is 1. The molecule has 0 radical (unpaired) electrons. The van der Waals surface area contributed by atoms with Crippen LogP contribution in [-0.2, 0) is 0 Å². The van der Waals surface area contributed by atoms with Gasteiger partial charge in [0.15, 0.2) is 5.82 Å². The lowest BCUT2D eigenvalue weighted by molar-refractivity contribution is 0.101. The smallest absolute Gasteiger partial charge is 0.295 e. The lowest BCUT2D eigenvalue weighted by Crippen LogP contribution is -2.15. The highest BCUT2D eigenvalue weighted by atomic mass is 35.5. The van der Waals surface area contributed by atoms with Crippen LogP contribution in [0.15, 0.2) is 60.7 Å². The Bertz CT molecular complexity index is 1320. The third-order valence-electron chi connectivity index (χ3n) is 5.37. The lowest BCUT2D eigenvalue weighted by atomic mass is 10.1. The first-order chi connectivity index (χ1) is 15.9. The Labute approximate surface area is 196 Å². The third kappa shape index (κ3) is 4.54. The molecule has 7 nitrogen and oxygen atoms in total. The van der Waals surface area contributed by atoms with Crippen LogP contribution in [0, 0.1) is 13.8 Å². The van der Waals surface area contributed by atoms with E-state index in [0.29, 0.717) is 28.0 Å². The monoisotopic (exact) mass is 462 g/mol. The van der Waals surface area contributed by atoms with E-state index in [2.05, 4.69) is 15.4 Å². The van der Waals surface area contributed by atoms with E-state index in [1.54, 1.807) is 42.1 Å². The number of carbonyl (C=O) groups excluding carboxylic acids is 1. The van der Waals surface area contributed by atoms with Gasteiger partial charge in [-0.25, -0.2) is 9.67 Å². The van der Waals surface area contributed by atoms with Crippen LogP contribution in [0.5, 0.6) is 11.5 Å². The molecular weight excluding hydrogens is 440 g/mol. The van der Waals surface area contributed by atoms with Gasteiger partial charge in [0.2, 0.25) is 5.82 Å². The second-order valence-corrected chi connectivity index (χ2v) is 7.85. The molecule has 0 aliphatic heterocycles. The average molecular weight is 463 g/mol. The van der Waals surface area contributed by atoms with Crippen molar-refractivity contribution in [3.8, 4) is 28.6 Å². The maximum Gasteiger partial charge on any atom is 0.295 e.